The van der Waals surface area contributed by atoms with Crippen LogP contribution in [0.2, 0.25) is 0 Å². The molecule has 5 nitrogen and oxygen atoms in total. The molecule has 0 spiro atoms. The molecule has 0 aliphatic heterocycles. The maximum absolute atomic E-state index is 11.4. The largest absolute Gasteiger partial charge is 0.477 e. The number of carboxylic acids is 1. The van der Waals surface area contributed by atoms with Gasteiger partial charge in [-0.25, -0.2) is 4.79 Å². The number of fused-ring (bicyclic) bond motifs is 1. The Morgan fingerprint density at radius 2 is 2.00 bits per heavy atom. The van der Waals surface area contributed by atoms with Gasteiger partial charge in [0.1, 0.15) is 12.2 Å². The summed E-state index contributed by atoms with van der Waals surface area (Å²) in [5.74, 6) is -1.25. The number of rotatable bonds is 4. The molecule has 0 aliphatic carbocycles. The van der Waals surface area contributed by atoms with Crippen LogP contribution in [-0.4, -0.2) is 21.6 Å². The predicted octanol–water partition coefficient (Wildman–Crippen LogP) is 2.26. The van der Waals surface area contributed by atoms with Crippen molar-refractivity contribution in [2.45, 2.75) is 33.2 Å². The minimum atomic E-state index is -1.05. The third kappa shape index (κ3) is 2.27. The predicted molar refractivity (Wildman–Crippen MR) is 76.9 cm³/mol. The van der Waals surface area contributed by atoms with Crippen molar-refractivity contribution in [3.05, 3.63) is 35.0 Å². The van der Waals surface area contributed by atoms with Crippen LogP contribution in [0.5, 0.6) is 0 Å². The molecule has 1 aromatic heterocycles. The molecule has 20 heavy (non-hydrogen) atoms. The van der Waals surface area contributed by atoms with Crippen molar-refractivity contribution < 1.29 is 14.7 Å². The van der Waals surface area contributed by atoms with Gasteiger partial charge in [0.25, 0.3) is 0 Å². The highest BCUT2D eigenvalue weighted by Crippen LogP contribution is 2.29. The van der Waals surface area contributed by atoms with E-state index in [0.29, 0.717) is 11.5 Å². The quantitative estimate of drug-likeness (QED) is 0.896. The highest BCUT2D eigenvalue weighted by atomic mass is 16.4. The highest BCUT2D eigenvalue weighted by molar-refractivity contribution is 5.99. The van der Waals surface area contributed by atoms with Gasteiger partial charge < -0.3 is 15.4 Å². The number of aryl methyl sites for hydroxylation is 1. The second kappa shape index (κ2) is 5.00. The number of amides is 1. The van der Waals surface area contributed by atoms with Crippen LogP contribution in [0, 0.1) is 6.92 Å². The topological polar surface area (TPSA) is 85.3 Å². The lowest BCUT2D eigenvalue weighted by molar-refractivity contribution is -0.118. The van der Waals surface area contributed by atoms with Crippen molar-refractivity contribution in [2.75, 3.05) is 0 Å². The van der Waals surface area contributed by atoms with Gasteiger partial charge in [-0.1, -0.05) is 19.9 Å². The van der Waals surface area contributed by atoms with E-state index < -0.39 is 11.9 Å². The first-order chi connectivity index (χ1) is 9.32. The lowest BCUT2D eigenvalue weighted by Gasteiger charge is -2.07. The number of aromatic nitrogens is 1. The molecule has 0 bridgehead atoms. The Balaban J connectivity index is 2.78. The Hall–Kier alpha value is -2.30. The van der Waals surface area contributed by atoms with E-state index in [-0.39, 0.29) is 12.2 Å². The average molecular weight is 274 g/mol. The molecule has 0 fully saturated rings. The number of carbonyl (C=O) groups is 2. The summed E-state index contributed by atoms with van der Waals surface area (Å²) < 4.78 is 1.47. The number of benzene rings is 1. The van der Waals surface area contributed by atoms with Gasteiger partial charge in [-0.3, -0.25) is 4.79 Å². The summed E-state index contributed by atoms with van der Waals surface area (Å²) in [7, 11) is 0. The summed E-state index contributed by atoms with van der Waals surface area (Å²) in [5.41, 5.74) is 7.87. The number of carboxylic acid groups (broad SMARTS) is 1. The number of aromatic carboxylic acids is 1. The number of nitrogens with two attached hydrogens (primary N) is 1. The maximum Gasteiger partial charge on any atom is 0.352 e. The van der Waals surface area contributed by atoms with Crippen LogP contribution in [0.4, 0.5) is 0 Å². The van der Waals surface area contributed by atoms with Gasteiger partial charge in [0.2, 0.25) is 5.91 Å². The molecule has 1 heterocycles. The molecule has 0 aliphatic rings. The van der Waals surface area contributed by atoms with Crippen LogP contribution in [-0.2, 0) is 11.3 Å². The first-order valence-corrected chi connectivity index (χ1v) is 6.47. The summed E-state index contributed by atoms with van der Waals surface area (Å²) in [6.07, 6.45) is 0. The van der Waals surface area contributed by atoms with Gasteiger partial charge in [-0.2, -0.15) is 0 Å². The van der Waals surface area contributed by atoms with E-state index >= 15 is 0 Å². The number of hydrogen-bond donors (Lipinski definition) is 2. The number of hydrogen-bond acceptors (Lipinski definition) is 2. The van der Waals surface area contributed by atoms with Gasteiger partial charge in [-0.05, 0) is 36.1 Å². The maximum atomic E-state index is 11.4. The molecule has 1 aromatic carbocycles. The fourth-order valence-corrected chi connectivity index (χ4v) is 2.49. The third-order valence-corrected chi connectivity index (χ3v) is 3.52. The molecular formula is C15H18N2O3. The SMILES string of the molecule is Cc1c(C(=O)O)n(CC(N)=O)c2ccc(C(C)C)cc12. The van der Waals surface area contributed by atoms with Crippen LogP contribution in [0.1, 0.15) is 41.4 Å². The summed E-state index contributed by atoms with van der Waals surface area (Å²) in [4.78, 5) is 22.6. The molecule has 0 atom stereocenters. The first-order valence-electron chi connectivity index (χ1n) is 6.47. The molecule has 5 heteroatoms. The number of nitrogens with zero attached hydrogens (tertiary/aromatic N) is 1. The molecule has 2 rings (SSSR count). The normalized spacial score (nSPS) is 11.2. The highest BCUT2D eigenvalue weighted by Gasteiger charge is 2.21. The molecule has 0 unspecified atom stereocenters. The van der Waals surface area contributed by atoms with E-state index in [0.717, 1.165) is 16.5 Å². The summed E-state index contributed by atoms with van der Waals surface area (Å²) in [5, 5.41) is 10.2. The van der Waals surface area contributed by atoms with E-state index in [1.807, 2.05) is 18.2 Å². The second-order valence-corrected chi connectivity index (χ2v) is 5.26. The van der Waals surface area contributed by atoms with Crippen molar-refractivity contribution in [3.63, 3.8) is 0 Å². The minimum Gasteiger partial charge on any atom is -0.477 e. The van der Waals surface area contributed by atoms with Crippen LogP contribution in [0.15, 0.2) is 18.2 Å². The Labute approximate surface area is 117 Å². The molecule has 1 amide bonds. The van der Waals surface area contributed by atoms with Crippen LogP contribution in [0.25, 0.3) is 10.9 Å². The minimum absolute atomic E-state index is 0.125. The molecule has 3 N–H and O–H groups in total. The Bertz CT molecular complexity index is 699. The monoisotopic (exact) mass is 274 g/mol. The summed E-state index contributed by atoms with van der Waals surface area (Å²) in [6.45, 7) is 5.78. The first kappa shape index (κ1) is 14.1. The third-order valence-electron chi connectivity index (χ3n) is 3.52. The number of carbonyl (C=O) groups excluding carboxylic acids is 1. The van der Waals surface area contributed by atoms with Crippen LogP contribution in [0.3, 0.4) is 0 Å². The van der Waals surface area contributed by atoms with Crippen molar-refractivity contribution in [2.24, 2.45) is 5.73 Å². The van der Waals surface area contributed by atoms with Gasteiger partial charge in [-0.15, -0.1) is 0 Å². The van der Waals surface area contributed by atoms with Crippen molar-refractivity contribution in [3.8, 4) is 0 Å². The number of primary amides is 1. The Morgan fingerprint density at radius 1 is 1.35 bits per heavy atom. The van der Waals surface area contributed by atoms with Crippen LogP contribution >= 0.6 is 0 Å². The van der Waals surface area contributed by atoms with E-state index in [2.05, 4.69) is 13.8 Å². The molecular weight excluding hydrogens is 256 g/mol. The zero-order valence-electron chi connectivity index (χ0n) is 11.8. The lowest BCUT2D eigenvalue weighted by Crippen LogP contribution is -2.21. The zero-order valence-corrected chi connectivity index (χ0v) is 11.8. The van der Waals surface area contributed by atoms with E-state index in [1.54, 1.807) is 6.92 Å². The fraction of sp³-hybridized carbons (Fsp3) is 0.333. The standard InChI is InChI=1S/C15H18N2O3/c1-8(2)10-4-5-12-11(6-10)9(3)14(15(19)20)17(12)7-13(16)18/h4-6,8H,7H2,1-3H3,(H2,16,18)(H,19,20). The zero-order chi connectivity index (χ0) is 15.0. The van der Waals surface area contributed by atoms with Crippen LogP contribution < -0.4 is 5.73 Å². The van der Waals surface area contributed by atoms with Gasteiger partial charge >= 0.3 is 5.97 Å². The summed E-state index contributed by atoms with van der Waals surface area (Å²) >= 11 is 0. The van der Waals surface area contributed by atoms with Crippen molar-refractivity contribution in [1.29, 1.82) is 0 Å². The Kier molecular flexibility index (Phi) is 3.53. The second-order valence-electron chi connectivity index (χ2n) is 5.26. The molecule has 0 saturated carbocycles. The Morgan fingerprint density at radius 3 is 2.50 bits per heavy atom. The lowest BCUT2D eigenvalue weighted by atomic mass is 10.0. The molecule has 2 aromatic rings. The molecule has 106 valence electrons. The van der Waals surface area contributed by atoms with Gasteiger partial charge in [0.05, 0.1) is 0 Å². The van der Waals surface area contributed by atoms with Gasteiger partial charge in [0, 0.05) is 10.9 Å². The van der Waals surface area contributed by atoms with E-state index in [1.165, 1.54) is 4.57 Å². The van der Waals surface area contributed by atoms with Crippen molar-refractivity contribution >= 4 is 22.8 Å². The van der Waals surface area contributed by atoms with E-state index in [4.69, 9.17) is 5.73 Å². The van der Waals surface area contributed by atoms with E-state index in [9.17, 15) is 14.7 Å². The fourth-order valence-electron chi connectivity index (χ4n) is 2.49. The molecule has 0 radical (unpaired) electrons. The summed E-state index contributed by atoms with van der Waals surface area (Å²) in [6, 6.07) is 5.79. The molecule has 0 saturated heterocycles. The van der Waals surface area contributed by atoms with Crippen molar-refractivity contribution in [1.82, 2.24) is 4.57 Å². The smallest absolute Gasteiger partial charge is 0.352 e. The van der Waals surface area contributed by atoms with Gasteiger partial charge in [0.15, 0.2) is 0 Å². The average Bonchev–Trinajstić information content (AvgIpc) is 2.61.